The van der Waals surface area contributed by atoms with E-state index in [0.717, 1.165) is 16.9 Å². The Balaban J connectivity index is 2.02. The number of hydrogen-bond donors (Lipinski definition) is 2. The normalized spacial score (nSPS) is 20.9. The Hall–Kier alpha value is -0.950. The van der Waals surface area contributed by atoms with Crippen LogP contribution in [0.25, 0.3) is 0 Å². The average Bonchev–Trinajstić information content (AvgIpc) is 2.83. The predicted octanol–water partition coefficient (Wildman–Crippen LogP) is 1.52. The monoisotopic (exact) mass is 299 g/mol. The quantitative estimate of drug-likeness (QED) is 0.833. The molecule has 112 valence electrons. The summed E-state index contributed by atoms with van der Waals surface area (Å²) in [7, 11) is 0. The zero-order chi connectivity index (χ0) is 14.7. The maximum atomic E-state index is 11.5. The van der Waals surface area contributed by atoms with Crippen molar-refractivity contribution >= 4 is 17.3 Å². The van der Waals surface area contributed by atoms with Crippen LogP contribution < -0.4 is 0 Å². The molecule has 0 fully saturated rings. The Kier molecular flexibility index (Phi) is 5.15. The largest absolute Gasteiger partial charge is 0.480 e. The number of fused-ring (bicyclic) bond motifs is 1. The summed E-state index contributed by atoms with van der Waals surface area (Å²) < 4.78 is 5.37. The zero-order valence-electron chi connectivity index (χ0n) is 11.8. The van der Waals surface area contributed by atoms with Crippen LogP contribution in [0.3, 0.4) is 0 Å². The maximum absolute atomic E-state index is 11.5. The molecule has 20 heavy (non-hydrogen) atoms. The molecule has 2 N–H and O–H groups in total. The van der Waals surface area contributed by atoms with Crippen molar-refractivity contribution in [1.29, 1.82) is 0 Å². The molecule has 0 saturated heterocycles. The van der Waals surface area contributed by atoms with Crippen molar-refractivity contribution < 1.29 is 19.7 Å². The summed E-state index contributed by atoms with van der Waals surface area (Å²) in [6.07, 6.45) is 0.235. The minimum atomic E-state index is -0.860. The third kappa shape index (κ3) is 3.58. The van der Waals surface area contributed by atoms with Crippen LogP contribution >= 0.6 is 11.3 Å². The standard InChI is InChI=1S/C14H21NO4S/c1-9(2)19-8-10(16)7-15-5-3-12-11(4-6-20-12)13(15)14(17)18/h4,6,9-10,13,16H,3,5,7-8H2,1-2H3,(H,17,18). The molecule has 5 nitrogen and oxygen atoms in total. The van der Waals surface area contributed by atoms with Gasteiger partial charge in [-0.25, -0.2) is 0 Å². The van der Waals surface area contributed by atoms with E-state index in [1.165, 1.54) is 0 Å². The summed E-state index contributed by atoms with van der Waals surface area (Å²) in [4.78, 5) is 14.5. The van der Waals surface area contributed by atoms with E-state index in [0.29, 0.717) is 13.1 Å². The predicted molar refractivity (Wildman–Crippen MR) is 77.1 cm³/mol. The fraction of sp³-hybridized carbons (Fsp3) is 0.643. The van der Waals surface area contributed by atoms with Crippen molar-refractivity contribution in [2.24, 2.45) is 0 Å². The molecule has 0 aliphatic carbocycles. The molecular formula is C14H21NO4S. The summed E-state index contributed by atoms with van der Waals surface area (Å²) in [6, 6.07) is 1.22. The van der Waals surface area contributed by atoms with Crippen molar-refractivity contribution in [2.75, 3.05) is 19.7 Å². The number of β-amino-alcohol motifs (C(OH)–C–C–N with tert-alkyl or cyclic N) is 1. The van der Waals surface area contributed by atoms with Crippen LogP contribution in [0.4, 0.5) is 0 Å². The van der Waals surface area contributed by atoms with Gasteiger partial charge in [0.2, 0.25) is 0 Å². The van der Waals surface area contributed by atoms with Crippen molar-refractivity contribution in [1.82, 2.24) is 4.90 Å². The van der Waals surface area contributed by atoms with Crippen LogP contribution in [0, 0.1) is 0 Å². The molecule has 0 saturated carbocycles. The number of nitrogens with zero attached hydrogens (tertiary/aromatic N) is 1. The van der Waals surface area contributed by atoms with Crippen molar-refractivity contribution in [3.05, 3.63) is 21.9 Å². The average molecular weight is 299 g/mol. The third-order valence-electron chi connectivity index (χ3n) is 3.37. The highest BCUT2D eigenvalue weighted by Crippen LogP contribution is 2.33. The van der Waals surface area contributed by atoms with Crippen LogP contribution in [0.2, 0.25) is 0 Å². The van der Waals surface area contributed by atoms with Gasteiger partial charge in [-0.2, -0.15) is 0 Å². The topological polar surface area (TPSA) is 70.0 Å². The fourth-order valence-electron chi connectivity index (χ4n) is 2.48. The van der Waals surface area contributed by atoms with E-state index in [9.17, 15) is 15.0 Å². The van der Waals surface area contributed by atoms with Gasteiger partial charge in [0.05, 0.1) is 18.8 Å². The number of hydrogen-bond acceptors (Lipinski definition) is 5. The molecule has 1 aromatic heterocycles. The van der Waals surface area contributed by atoms with Gasteiger partial charge in [0.25, 0.3) is 0 Å². The van der Waals surface area contributed by atoms with Crippen LogP contribution in [-0.2, 0) is 16.0 Å². The number of aliphatic hydroxyl groups excluding tert-OH is 1. The number of thiophene rings is 1. The highest BCUT2D eigenvalue weighted by Gasteiger charge is 2.34. The number of ether oxygens (including phenoxy) is 1. The molecule has 1 aromatic rings. The van der Waals surface area contributed by atoms with Gasteiger partial charge in [0.15, 0.2) is 0 Å². The van der Waals surface area contributed by atoms with E-state index >= 15 is 0 Å². The molecule has 2 heterocycles. The highest BCUT2D eigenvalue weighted by atomic mass is 32.1. The number of carboxylic acids is 1. The second kappa shape index (κ2) is 6.67. The van der Waals surface area contributed by atoms with Crippen LogP contribution in [0.5, 0.6) is 0 Å². The molecule has 0 spiro atoms. The molecule has 0 radical (unpaired) electrons. The second-order valence-corrected chi connectivity index (χ2v) is 6.32. The number of rotatable bonds is 6. The second-order valence-electron chi connectivity index (χ2n) is 5.32. The van der Waals surface area contributed by atoms with E-state index < -0.39 is 18.1 Å². The number of aliphatic carboxylic acids is 1. The number of carbonyl (C=O) groups is 1. The van der Waals surface area contributed by atoms with Gasteiger partial charge in [-0.15, -0.1) is 11.3 Å². The SMILES string of the molecule is CC(C)OCC(O)CN1CCc2sccc2C1C(=O)O. The highest BCUT2D eigenvalue weighted by molar-refractivity contribution is 7.10. The third-order valence-corrected chi connectivity index (χ3v) is 4.36. The first kappa shape index (κ1) is 15.4. The Labute approximate surface area is 122 Å². The Morgan fingerprint density at radius 1 is 1.60 bits per heavy atom. The van der Waals surface area contributed by atoms with E-state index in [-0.39, 0.29) is 12.7 Å². The lowest BCUT2D eigenvalue weighted by Gasteiger charge is -2.34. The van der Waals surface area contributed by atoms with Crippen LogP contribution in [-0.4, -0.2) is 53.0 Å². The Bertz CT molecular complexity index is 460. The van der Waals surface area contributed by atoms with Gasteiger partial charge < -0.3 is 14.9 Å². The molecule has 6 heteroatoms. The van der Waals surface area contributed by atoms with Crippen molar-refractivity contribution in [3.63, 3.8) is 0 Å². The van der Waals surface area contributed by atoms with Crippen molar-refractivity contribution in [3.8, 4) is 0 Å². The first-order chi connectivity index (χ1) is 9.49. The summed E-state index contributed by atoms with van der Waals surface area (Å²) in [6.45, 7) is 5.02. The lowest BCUT2D eigenvalue weighted by Crippen LogP contribution is -2.44. The molecule has 2 unspecified atom stereocenters. The first-order valence-corrected chi connectivity index (χ1v) is 7.69. The van der Waals surface area contributed by atoms with E-state index in [4.69, 9.17) is 4.74 Å². The Morgan fingerprint density at radius 3 is 3.00 bits per heavy atom. The summed E-state index contributed by atoms with van der Waals surface area (Å²) >= 11 is 1.60. The Morgan fingerprint density at radius 2 is 2.35 bits per heavy atom. The van der Waals surface area contributed by atoms with E-state index in [1.807, 2.05) is 30.2 Å². The minimum absolute atomic E-state index is 0.0600. The van der Waals surface area contributed by atoms with Crippen molar-refractivity contribution in [2.45, 2.75) is 38.5 Å². The van der Waals surface area contributed by atoms with E-state index in [2.05, 4.69) is 0 Å². The minimum Gasteiger partial charge on any atom is -0.480 e. The number of aliphatic hydroxyl groups is 1. The van der Waals surface area contributed by atoms with Gasteiger partial charge in [-0.3, -0.25) is 9.69 Å². The van der Waals surface area contributed by atoms with Gasteiger partial charge in [0, 0.05) is 18.0 Å². The van der Waals surface area contributed by atoms with Gasteiger partial charge in [-0.05, 0) is 37.3 Å². The maximum Gasteiger partial charge on any atom is 0.325 e. The smallest absolute Gasteiger partial charge is 0.325 e. The first-order valence-electron chi connectivity index (χ1n) is 6.81. The van der Waals surface area contributed by atoms with Gasteiger partial charge in [-0.1, -0.05) is 0 Å². The molecule has 0 amide bonds. The summed E-state index contributed by atoms with van der Waals surface area (Å²) in [5, 5.41) is 21.4. The molecule has 0 bridgehead atoms. The molecule has 0 aromatic carbocycles. The zero-order valence-corrected chi connectivity index (χ0v) is 12.6. The molecule has 2 rings (SSSR count). The molecule has 1 aliphatic rings. The van der Waals surface area contributed by atoms with E-state index in [1.54, 1.807) is 11.3 Å². The molecule has 2 atom stereocenters. The van der Waals surface area contributed by atoms with Gasteiger partial charge in [0.1, 0.15) is 6.04 Å². The lowest BCUT2D eigenvalue weighted by atomic mass is 9.99. The summed E-state index contributed by atoms with van der Waals surface area (Å²) in [5.41, 5.74) is 0.866. The number of carboxylic acid groups (broad SMARTS) is 1. The van der Waals surface area contributed by atoms with Gasteiger partial charge >= 0.3 is 5.97 Å². The molecular weight excluding hydrogens is 278 g/mol. The fourth-order valence-corrected chi connectivity index (χ4v) is 3.38. The lowest BCUT2D eigenvalue weighted by molar-refractivity contribution is -0.144. The molecule has 1 aliphatic heterocycles. The summed E-state index contributed by atoms with van der Waals surface area (Å²) in [5.74, 6) is -0.860. The van der Waals surface area contributed by atoms with Crippen LogP contribution in [0.1, 0.15) is 30.3 Å². The van der Waals surface area contributed by atoms with Crippen LogP contribution in [0.15, 0.2) is 11.4 Å².